The minimum atomic E-state index is -0.831. The van der Waals surface area contributed by atoms with Crippen LogP contribution in [0.4, 0.5) is 4.79 Å². The minimum Gasteiger partial charge on any atom is -0.463 e. The van der Waals surface area contributed by atoms with Gasteiger partial charge < -0.3 is 24.2 Å². The molecule has 1 amide bonds. The molecule has 0 aromatic rings. The molecule has 0 unspecified atom stereocenters. The van der Waals surface area contributed by atoms with Gasteiger partial charge in [0.2, 0.25) is 0 Å². The fourth-order valence-electron chi connectivity index (χ4n) is 1.30. The molecule has 0 fully saturated rings. The Labute approximate surface area is 128 Å². The van der Waals surface area contributed by atoms with Crippen molar-refractivity contribution in [3.63, 3.8) is 0 Å². The van der Waals surface area contributed by atoms with E-state index in [0.717, 1.165) is 0 Å². The van der Waals surface area contributed by atoms with Crippen molar-refractivity contribution in [1.29, 1.82) is 0 Å². The van der Waals surface area contributed by atoms with Crippen LogP contribution in [0.3, 0.4) is 0 Å². The molecule has 128 valence electrons. The summed E-state index contributed by atoms with van der Waals surface area (Å²) in [5.74, 6) is -0.996. The van der Waals surface area contributed by atoms with E-state index in [1.54, 1.807) is 6.92 Å². The van der Waals surface area contributed by atoms with Crippen molar-refractivity contribution in [3.8, 4) is 0 Å². The number of hydrogen-bond acceptors (Lipinski definition) is 8. The summed E-state index contributed by atoms with van der Waals surface area (Å²) >= 11 is 0. The van der Waals surface area contributed by atoms with Crippen LogP contribution in [0.25, 0.3) is 0 Å². The number of carbonyl (C=O) groups is 3. The molecule has 0 aromatic carbocycles. The third-order valence-electron chi connectivity index (χ3n) is 2.26. The Kier molecular flexibility index (Phi) is 12.9. The van der Waals surface area contributed by atoms with E-state index in [1.807, 2.05) is 5.48 Å². The Morgan fingerprint density at radius 2 is 1.64 bits per heavy atom. The molecule has 0 aliphatic rings. The van der Waals surface area contributed by atoms with Gasteiger partial charge in [0.1, 0.15) is 6.61 Å². The van der Waals surface area contributed by atoms with Crippen LogP contribution in [-0.4, -0.2) is 56.2 Å². The Morgan fingerprint density at radius 3 is 2.27 bits per heavy atom. The van der Waals surface area contributed by atoms with E-state index in [4.69, 9.17) is 14.6 Å². The molecular formula is C13H23NO8. The lowest BCUT2D eigenvalue weighted by Gasteiger charge is -2.06. The molecule has 0 bridgehead atoms. The summed E-state index contributed by atoms with van der Waals surface area (Å²) in [6.45, 7) is 2.30. The van der Waals surface area contributed by atoms with Crippen molar-refractivity contribution < 1.29 is 38.5 Å². The van der Waals surface area contributed by atoms with Gasteiger partial charge in [-0.25, -0.2) is 9.59 Å². The fraction of sp³-hybridized carbons (Fsp3) is 0.769. The SMILES string of the molecule is CCOC(=O)NOC(=O)CCCCC(=O)OCCOCCO. The van der Waals surface area contributed by atoms with Gasteiger partial charge in [-0.05, 0) is 19.8 Å². The van der Waals surface area contributed by atoms with Crippen molar-refractivity contribution in [2.75, 3.05) is 33.0 Å². The number of carbonyl (C=O) groups excluding carboxylic acids is 3. The molecule has 0 rings (SSSR count). The summed E-state index contributed by atoms with van der Waals surface area (Å²) in [4.78, 5) is 37.8. The zero-order valence-electron chi connectivity index (χ0n) is 12.7. The van der Waals surface area contributed by atoms with Gasteiger partial charge in [0.05, 0.1) is 26.4 Å². The summed E-state index contributed by atoms with van der Waals surface area (Å²) in [5, 5.41) is 8.46. The second kappa shape index (κ2) is 14.1. The molecule has 0 aliphatic heterocycles. The van der Waals surface area contributed by atoms with E-state index in [-0.39, 0.29) is 51.8 Å². The van der Waals surface area contributed by atoms with E-state index in [0.29, 0.717) is 12.8 Å². The maximum atomic E-state index is 11.3. The van der Waals surface area contributed by atoms with Gasteiger partial charge in [-0.1, -0.05) is 0 Å². The highest BCUT2D eigenvalue weighted by atomic mass is 16.7. The Morgan fingerprint density at radius 1 is 0.955 bits per heavy atom. The van der Waals surface area contributed by atoms with Gasteiger partial charge in [0, 0.05) is 12.8 Å². The lowest BCUT2D eigenvalue weighted by Crippen LogP contribution is -2.27. The highest BCUT2D eigenvalue weighted by Crippen LogP contribution is 2.02. The normalized spacial score (nSPS) is 9.91. The van der Waals surface area contributed by atoms with Crippen molar-refractivity contribution in [2.24, 2.45) is 0 Å². The van der Waals surface area contributed by atoms with Gasteiger partial charge >= 0.3 is 18.0 Å². The molecule has 0 aliphatic carbocycles. The monoisotopic (exact) mass is 321 g/mol. The zero-order valence-corrected chi connectivity index (χ0v) is 12.7. The smallest absolute Gasteiger partial charge is 0.440 e. The van der Waals surface area contributed by atoms with Crippen molar-refractivity contribution >= 4 is 18.0 Å². The average molecular weight is 321 g/mol. The summed E-state index contributed by atoms with van der Waals surface area (Å²) in [5.41, 5.74) is 1.84. The first-order chi connectivity index (χ1) is 10.6. The summed E-state index contributed by atoms with van der Waals surface area (Å²) in [6.07, 6.45) is 0.310. The standard InChI is InChI=1S/C13H23NO8/c1-2-20-13(18)14-22-12(17)6-4-3-5-11(16)21-10-9-19-8-7-15/h15H,2-10H2,1H3,(H,14,18). The lowest BCUT2D eigenvalue weighted by molar-refractivity contribution is -0.150. The first-order valence-corrected chi connectivity index (χ1v) is 7.06. The average Bonchev–Trinajstić information content (AvgIpc) is 2.49. The van der Waals surface area contributed by atoms with Crippen LogP contribution in [0.2, 0.25) is 0 Å². The maximum Gasteiger partial charge on any atom is 0.440 e. The molecule has 9 heteroatoms. The number of aliphatic hydroxyl groups is 1. The van der Waals surface area contributed by atoms with E-state index in [9.17, 15) is 14.4 Å². The number of unbranched alkanes of at least 4 members (excludes halogenated alkanes) is 1. The van der Waals surface area contributed by atoms with Gasteiger partial charge in [-0.15, -0.1) is 5.48 Å². The van der Waals surface area contributed by atoms with Crippen LogP contribution in [-0.2, 0) is 28.6 Å². The van der Waals surface area contributed by atoms with E-state index < -0.39 is 12.1 Å². The number of rotatable bonds is 11. The summed E-state index contributed by atoms with van der Waals surface area (Å²) < 4.78 is 14.3. The molecule has 0 saturated heterocycles. The van der Waals surface area contributed by atoms with E-state index >= 15 is 0 Å². The molecule has 0 atom stereocenters. The number of aliphatic hydroxyl groups excluding tert-OH is 1. The van der Waals surface area contributed by atoms with Crippen LogP contribution in [0.5, 0.6) is 0 Å². The maximum absolute atomic E-state index is 11.3. The van der Waals surface area contributed by atoms with Gasteiger partial charge in [-0.2, -0.15) is 0 Å². The van der Waals surface area contributed by atoms with Crippen LogP contribution < -0.4 is 5.48 Å². The van der Waals surface area contributed by atoms with E-state index in [2.05, 4.69) is 9.57 Å². The molecule has 2 N–H and O–H groups in total. The Balaban J connectivity index is 3.45. The quantitative estimate of drug-likeness (QED) is 0.241. The highest BCUT2D eigenvalue weighted by Gasteiger charge is 2.08. The third kappa shape index (κ3) is 13.1. The number of hydroxylamine groups is 1. The molecule has 0 heterocycles. The van der Waals surface area contributed by atoms with Crippen LogP contribution >= 0.6 is 0 Å². The number of esters is 1. The Hall–Kier alpha value is -1.87. The van der Waals surface area contributed by atoms with Crippen LogP contribution in [0.1, 0.15) is 32.6 Å². The summed E-state index contributed by atoms with van der Waals surface area (Å²) in [6, 6.07) is 0. The molecular weight excluding hydrogens is 298 g/mol. The van der Waals surface area contributed by atoms with Crippen molar-refractivity contribution in [2.45, 2.75) is 32.6 Å². The number of hydrogen-bond donors (Lipinski definition) is 2. The minimum absolute atomic E-state index is 0.0687. The predicted molar refractivity (Wildman–Crippen MR) is 73.6 cm³/mol. The zero-order chi connectivity index (χ0) is 16.6. The fourth-order valence-corrected chi connectivity index (χ4v) is 1.30. The number of ether oxygens (including phenoxy) is 3. The second-order valence-electron chi connectivity index (χ2n) is 4.06. The molecule has 9 nitrogen and oxygen atoms in total. The third-order valence-corrected chi connectivity index (χ3v) is 2.26. The van der Waals surface area contributed by atoms with E-state index in [1.165, 1.54) is 0 Å². The first-order valence-electron chi connectivity index (χ1n) is 7.06. The van der Waals surface area contributed by atoms with Crippen LogP contribution in [0.15, 0.2) is 0 Å². The Bertz CT molecular complexity index is 334. The van der Waals surface area contributed by atoms with Crippen molar-refractivity contribution in [1.82, 2.24) is 5.48 Å². The number of nitrogens with one attached hydrogen (secondary N) is 1. The van der Waals surface area contributed by atoms with Crippen molar-refractivity contribution in [3.05, 3.63) is 0 Å². The summed E-state index contributed by atoms with van der Waals surface area (Å²) in [7, 11) is 0. The first kappa shape index (κ1) is 20.1. The lowest BCUT2D eigenvalue weighted by atomic mass is 10.2. The molecule has 0 radical (unpaired) electrons. The molecule has 0 aromatic heterocycles. The van der Waals surface area contributed by atoms with Gasteiger partial charge in [0.25, 0.3) is 0 Å². The number of amides is 1. The highest BCUT2D eigenvalue weighted by molar-refractivity contribution is 5.73. The van der Waals surface area contributed by atoms with Gasteiger partial charge in [-0.3, -0.25) is 4.79 Å². The largest absolute Gasteiger partial charge is 0.463 e. The molecule has 0 saturated carbocycles. The second-order valence-corrected chi connectivity index (χ2v) is 4.06. The predicted octanol–water partition coefficient (Wildman–Crippen LogP) is 0.303. The molecule has 0 spiro atoms. The van der Waals surface area contributed by atoms with Crippen LogP contribution in [0, 0.1) is 0 Å². The topological polar surface area (TPSA) is 120 Å². The molecule has 22 heavy (non-hydrogen) atoms. The van der Waals surface area contributed by atoms with Gasteiger partial charge in [0.15, 0.2) is 0 Å².